The lowest BCUT2D eigenvalue weighted by Gasteiger charge is -2.11. The van der Waals surface area contributed by atoms with Gasteiger partial charge in [0.05, 0.1) is 0 Å². The molecule has 0 bridgehead atoms. The fraction of sp³-hybridized carbons (Fsp3) is 0.917. The summed E-state index contributed by atoms with van der Waals surface area (Å²) in [4.78, 5) is 4.17. The van der Waals surface area contributed by atoms with Crippen molar-refractivity contribution in [1.29, 1.82) is 0 Å². The second-order valence-electron chi connectivity index (χ2n) is 3.68. The highest BCUT2D eigenvalue weighted by atomic mass is 127. The monoisotopic (exact) mass is 389 g/mol. The highest BCUT2D eigenvalue weighted by Crippen LogP contribution is 1.97. The van der Waals surface area contributed by atoms with Gasteiger partial charge in [-0.2, -0.15) is 11.8 Å². The van der Waals surface area contributed by atoms with Crippen LogP contribution in [0.5, 0.6) is 0 Å². The van der Waals surface area contributed by atoms with E-state index in [4.69, 9.17) is 4.74 Å². The van der Waals surface area contributed by atoms with Gasteiger partial charge in [0.25, 0.3) is 0 Å². The van der Waals surface area contributed by atoms with Crippen molar-refractivity contribution in [2.75, 3.05) is 45.4 Å². The van der Waals surface area contributed by atoms with E-state index >= 15 is 0 Å². The van der Waals surface area contributed by atoms with Crippen LogP contribution in [0.2, 0.25) is 0 Å². The van der Waals surface area contributed by atoms with E-state index < -0.39 is 0 Å². The smallest absolute Gasteiger partial charge is 0.190 e. The van der Waals surface area contributed by atoms with E-state index in [2.05, 4.69) is 21.9 Å². The van der Waals surface area contributed by atoms with Crippen molar-refractivity contribution in [3.63, 3.8) is 0 Å². The van der Waals surface area contributed by atoms with Gasteiger partial charge in [-0.1, -0.05) is 0 Å². The molecule has 0 saturated heterocycles. The van der Waals surface area contributed by atoms with E-state index in [-0.39, 0.29) is 24.0 Å². The number of guanidine groups is 1. The van der Waals surface area contributed by atoms with Crippen LogP contribution in [-0.2, 0) is 4.74 Å². The minimum absolute atomic E-state index is 0. The number of nitrogens with zero attached hydrogens (tertiary/aromatic N) is 1. The summed E-state index contributed by atoms with van der Waals surface area (Å²) in [7, 11) is 1.81. The molecule has 18 heavy (non-hydrogen) atoms. The van der Waals surface area contributed by atoms with Crippen molar-refractivity contribution in [3.05, 3.63) is 0 Å². The maximum Gasteiger partial charge on any atom is 0.190 e. The molecule has 0 saturated carbocycles. The molecular formula is C12H28IN3OS. The molecular weight excluding hydrogens is 361 g/mol. The van der Waals surface area contributed by atoms with E-state index in [1.807, 2.05) is 18.7 Å². The Bertz CT molecular complexity index is 178. The van der Waals surface area contributed by atoms with Gasteiger partial charge in [0.15, 0.2) is 5.96 Å². The maximum atomic E-state index is 5.27. The third kappa shape index (κ3) is 14.4. The summed E-state index contributed by atoms with van der Waals surface area (Å²) in [6, 6.07) is 0. The molecule has 110 valence electrons. The maximum absolute atomic E-state index is 5.27. The van der Waals surface area contributed by atoms with Gasteiger partial charge in [-0.05, 0) is 38.2 Å². The van der Waals surface area contributed by atoms with Crippen LogP contribution < -0.4 is 10.6 Å². The number of unbranched alkanes of at least 4 members (excludes halogenated alkanes) is 1. The number of nitrogens with one attached hydrogen (secondary N) is 2. The second kappa shape index (κ2) is 17.3. The Hall–Kier alpha value is 0.310. The first-order valence-corrected chi connectivity index (χ1v) is 7.75. The zero-order valence-corrected chi connectivity index (χ0v) is 15.0. The van der Waals surface area contributed by atoms with Gasteiger partial charge >= 0.3 is 0 Å². The Kier molecular flexibility index (Phi) is 19.8. The summed E-state index contributed by atoms with van der Waals surface area (Å²) in [5.74, 6) is 2.13. The number of hydrogen-bond donors (Lipinski definition) is 2. The average molecular weight is 389 g/mol. The molecule has 0 rings (SSSR count). The van der Waals surface area contributed by atoms with E-state index in [1.165, 1.54) is 18.6 Å². The molecule has 0 atom stereocenters. The molecule has 0 unspecified atom stereocenters. The molecule has 0 heterocycles. The third-order valence-electron chi connectivity index (χ3n) is 2.25. The number of hydrogen-bond acceptors (Lipinski definition) is 3. The Labute approximate surface area is 133 Å². The molecule has 0 aromatic heterocycles. The molecule has 0 radical (unpaired) electrons. The van der Waals surface area contributed by atoms with Crippen LogP contribution in [0.3, 0.4) is 0 Å². The van der Waals surface area contributed by atoms with Gasteiger partial charge in [-0.3, -0.25) is 4.99 Å². The van der Waals surface area contributed by atoms with Crippen molar-refractivity contribution in [3.8, 4) is 0 Å². The largest absolute Gasteiger partial charge is 0.382 e. The molecule has 0 aromatic rings. The van der Waals surface area contributed by atoms with Gasteiger partial charge < -0.3 is 15.4 Å². The summed E-state index contributed by atoms with van der Waals surface area (Å²) in [6.45, 7) is 5.52. The van der Waals surface area contributed by atoms with E-state index in [9.17, 15) is 0 Å². The summed E-state index contributed by atoms with van der Waals surface area (Å²) >= 11 is 1.90. The minimum Gasteiger partial charge on any atom is -0.382 e. The fourth-order valence-corrected chi connectivity index (χ4v) is 1.82. The average Bonchev–Trinajstić information content (AvgIpc) is 2.36. The number of aliphatic imine (C=N–C) groups is 1. The van der Waals surface area contributed by atoms with Crippen LogP contribution in [0.25, 0.3) is 0 Å². The zero-order valence-electron chi connectivity index (χ0n) is 11.8. The van der Waals surface area contributed by atoms with Crippen LogP contribution in [-0.4, -0.2) is 51.3 Å². The molecule has 0 aromatic carbocycles. The lowest BCUT2D eigenvalue weighted by Crippen LogP contribution is -2.38. The first-order valence-electron chi connectivity index (χ1n) is 6.36. The van der Waals surface area contributed by atoms with Crippen molar-refractivity contribution in [2.24, 2.45) is 4.99 Å². The molecule has 0 spiro atoms. The van der Waals surface area contributed by atoms with Gasteiger partial charge in [-0.25, -0.2) is 0 Å². The number of thioether (sulfide) groups is 1. The van der Waals surface area contributed by atoms with Crippen LogP contribution in [0.1, 0.15) is 26.2 Å². The third-order valence-corrected chi connectivity index (χ3v) is 2.95. The van der Waals surface area contributed by atoms with Gasteiger partial charge in [0.2, 0.25) is 0 Å². The minimum atomic E-state index is 0. The van der Waals surface area contributed by atoms with Gasteiger partial charge in [0, 0.05) is 33.4 Å². The lowest BCUT2D eigenvalue weighted by molar-refractivity contribution is 0.145. The fourth-order valence-electron chi connectivity index (χ4n) is 1.32. The van der Waals surface area contributed by atoms with E-state index in [0.29, 0.717) is 0 Å². The summed E-state index contributed by atoms with van der Waals surface area (Å²) in [5.41, 5.74) is 0. The first kappa shape index (κ1) is 20.6. The molecule has 0 amide bonds. The highest BCUT2D eigenvalue weighted by Gasteiger charge is 1.96. The second-order valence-corrected chi connectivity index (χ2v) is 4.66. The van der Waals surface area contributed by atoms with Crippen molar-refractivity contribution < 1.29 is 4.74 Å². The van der Waals surface area contributed by atoms with E-state index in [0.717, 1.165) is 38.7 Å². The number of ether oxygens (including phenoxy) is 1. The van der Waals surface area contributed by atoms with Crippen molar-refractivity contribution in [2.45, 2.75) is 26.2 Å². The van der Waals surface area contributed by atoms with Crippen molar-refractivity contribution in [1.82, 2.24) is 10.6 Å². The SMILES string of the molecule is CCOCCCNC(=NC)NCCCCSC.I. The molecule has 2 N–H and O–H groups in total. The molecule has 4 nitrogen and oxygen atoms in total. The Morgan fingerprint density at radius 2 is 1.83 bits per heavy atom. The quantitative estimate of drug-likeness (QED) is 0.261. The van der Waals surface area contributed by atoms with Crippen LogP contribution >= 0.6 is 35.7 Å². The Morgan fingerprint density at radius 3 is 2.39 bits per heavy atom. The van der Waals surface area contributed by atoms with Gasteiger partial charge in [-0.15, -0.1) is 24.0 Å². The summed E-state index contributed by atoms with van der Waals surface area (Å²) < 4.78 is 5.27. The summed E-state index contributed by atoms with van der Waals surface area (Å²) in [5, 5.41) is 6.58. The van der Waals surface area contributed by atoms with Crippen LogP contribution in [0.4, 0.5) is 0 Å². The zero-order chi connectivity index (χ0) is 12.8. The molecule has 0 aliphatic heterocycles. The number of halogens is 1. The Balaban J connectivity index is 0. The number of rotatable bonds is 10. The normalized spacial score (nSPS) is 10.9. The summed E-state index contributed by atoms with van der Waals surface area (Å²) in [6.07, 6.45) is 5.61. The predicted octanol–water partition coefficient (Wildman–Crippen LogP) is 2.34. The Morgan fingerprint density at radius 1 is 1.17 bits per heavy atom. The van der Waals surface area contributed by atoms with Crippen LogP contribution in [0, 0.1) is 0 Å². The van der Waals surface area contributed by atoms with Crippen molar-refractivity contribution >= 4 is 41.7 Å². The molecule has 0 fully saturated rings. The molecule has 0 aliphatic rings. The van der Waals surface area contributed by atoms with Crippen LogP contribution in [0.15, 0.2) is 4.99 Å². The molecule has 6 heteroatoms. The standard InChI is InChI=1S/C12H27N3OS.HI/c1-4-16-10-7-9-15-12(13-2)14-8-5-6-11-17-3;/h4-11H2,1-3H3,(H2,13,14,15);1H. The predicted molar refractivity (Wildman–Crippen MR) is 93.5 cm³/mol. The van der Waals surface area contributed by atoms with Gasteiger partial charge in [0.1, 0.15) is 0 Å². The topological polar surface area (TPSA) is 45.6 Å². The lowest BCUT2D eigenvalue weighted by atomic mass is 10.3. The van der Waals surface area contributed by atoms with E-state index in [1.54, 1.807) is 7.05 Å². The first-order chi connectivity index (χ1) is 8.35. The molecule has 0 aliphatic carbocycles. The highest BCUT2D eigenvalue weighted by molar-refractivity contribution is 14.0.